The maximum Gasteiger partial charge on any atom is 0.135 e. The molecule has 0 heterocycles. The van der Waals surface area contributed by atoms with Crippen molar-refractivity contribution in [3.8, 4) is 5.75 Å². The fourth-order valence-electron chi connectivity index (χ4n) is 2.30. The van der Waals surface area contributed by atoms with Crippen molar-refractivity contribution in [1.82, 2.24) is 0 Å². The summed E-state index contributed by atoms with van der Waals surface area (Å²) < 4.78 is 0. The molecule has 0 aliphatic rings. The van der Waals surface area contributed by atoms with Gasteiger partial charge in [0, 0.05) is 18.4 Å². The molecule has 118 valence electrons. The first-order valence-electron chi connectivity index (χ1n) is 7.68. The normalized spacial score (nSPS) is 12.3. The highest BCUT2D eigenvalue weighted by atomic mass is 16.3. The van der Waals surface area contributed by atoms with Crippen LogP contribution in [0, 0.1) is 0 Å². The number of unbranched alkanes of at least 4 members (excludes halogenated alkanes) is 2. The van der Waals surface area contributed by atoms with Crippen molar-refractivity contribution in [2.45, 2.75) is 64.6 Å². The highest BCUT2D eigenvalue weighted by Crippen LogP contribution is 2.19. The van der Waals surface area contributed by atoms with Gasteiger partial charge in [0.05, 0.1) is 12.7 Å². The van der Waals surface area contributed by atoms with Crippen molar-refractivity contribution in [1.29, 1.82) is 0 Å². The molecule has 0 fully saturated rings. The first kappa shape index (κ1) is 17.7. The number of aryl methyl sites for hydroxylation is 1. The lowest BCUT2D eigenvalue weighted by atomic mass is 10.00. The van der Waals surface area contributed by atoms with Gasteiger partial charge in [0.2, 0.25) is 0 Å². The highest BCUT2D eigenvalue weighted by molar-refractivity contribution is 5.79. The van der Waals surface area contributed by atoms with Gasteiger partial charge in [-0.1, -0.05) is 32.3 Å². The van der Waals surface area contributed by atoms with Crippen LogP contribution in [-0.2, 0) is 17.8 Å². The van der Waals surface area contributed by atoms with Crippen LogP contribution in [0.4, 0.5) is 0 Å². The minimum atomic E-state index is -0.531. The maximum absolute atomic E-state index is 11.8. The van der Waals surface area contributed by atoms with Gasteiger partial charge in [0.25, 0.3) is 0 Å². The van der Waals surface area contributed by atoms with Gasteiger partial charge < -0.3 is 15.3 Å². The van der Waals surface area contributed by atoms with Crippen LogP contribution in [0.2, 0.25) is 0 Å². The lowest BCUT2D eigenvalue weighted by Crippen LogP contribution is -2.13. The molecule has 4 heteroatoms. The van der Waals surface area contributed by atoms with E-state index in [2.05, 4.69) is 6.92 Å². The number of Topliss-reactive ketones (excluding diaryl/α,β-unsaturated/α-hetero) is 1. The van der Waals surface area contributed by atoms with Gasteiger partial charge in [0.15, 0.2) is 0 Å². The van der Waals surface area contributed by atoms with Crippen LogP contribution in [-0.4, -0.2) is 27.2 Å². The van der Waals surface area contributed by atoms with Crippen LogP contribution in [0.15, 0.2) is 18.2 Å². The minimum Gasteiger partial charge on any atom is -0.508 e. The van der Waals surface area contributed by atoms with Crippen molar-refractivity contribution in [2.24, 2.45) is 0 Å². The number of carbonyl (C=O) groups excluding carboxylic acids is 1. The second-order valence-electron chi connectivity index (χ2n) is 5.51. The van der Waals surface area contributed by atoms with E-state index in [9.17, 15) is 15.0 Å². The monoisotopic (exact) mass is 294 g/mol. The average molecular weight is 294 g/mol. The van der Waals surface area contributed by atoms with E-state index in [0.717, 1.165) is 24.8 Å². The van der Waals surface area contributed by atoms with Crippen LogP contribution in [0.3, 0.4) is 0 Å². The van der Waals surface area contributed by atoms with E-state index in [1.807, 2.05) is 0 Å². The number of aromatic hydroxyl groups is 1. The molecule has 0 amide bonds. The molecule has 1 rings (SSSR count). The summed E-state index contributed by atoms with van der Waals surface area (Å²) in [5, 5.41) is 28.3. The predicted octanol–water partition coefficient (Wildman–Crippen LogP) is 2.72. The number of benzene rings is 1. The van der Waals surface area contributed by atoms with E-state index in [4.69, 9.17) is 5.11 Å². The third kappa shape index (κ3) is 6.74. The Labute approximate surface area is 126 Å². The number of rotatable bonds is 10. The van der Waals surface area contributed by atoms with Gasteiger partial charge >= 0.3 is 0 Å². The topological polar surface area (TPSA) is 77.8 Å². The van der Waals surface area contributed by atoms with Crippen molar-refractivity contribution in [3.63, 3.8) is 0 Å². The molecule has 0 saturated heterocycles. The molecule has 0 radical (unpaired) electrons. The Morgan fingerprint density at radius 3 is 2.71 bits per heavy atom. The molecular weight excluding hydrogens is 268 g/mol. The van der Waals surface area contributed by atoms with Crippen LogP contribution < -0.4 is 0 Å². The van der Waals surface area contributed by atoms with Gasteiger partial charge in [-0.05, 0) is 30.5 Å². The number of ketones is 1. The van der Waals surface area contributed by atoms with E-state index in [1.165, 1.54) is 6.07 Å². The summed E-state index contributed by atoms with van der Waals surface area (Å²) in [6, 6.07) is 4.99. The van der Waals surface area contributed by atoms with E-state index in [-0.39, 0.29) is 24.6 Å². The summed E-state index contributed by atoms with van der Waals surface area (Å²) in [5.41, 5.74) is 1.38. The van der Waals surface area contributed by atoms with Gasteiger partial charge in [-0.2, -0.15) is 0 Å². The number of aliphatic hydroxyl groups is 2. The zero-order valence-electron chi connectivity index (χ0n) is 12.7. The standard InChI is InChI=1S/C17H26O4/c1-2-3-4-5-15(19)11-16(20)8-6-13-7-9-17(21)14(10-13)12-18/h7,9-10,15,18-19,21H,2-6,8,11-12H2,1H3. The Kier molecular flexibility index (Phi) is 8.01. The van der Waals surface area contributed by atoms with E-state index < -0.39 is 6.10 Å². The van der Waals surface area contributed by atoms with Gasteiger partial charge in [0.1, 0.15) is 11.5 Å². The molecule has 4 nitrogen and oxygen atoms in total. The fourth-order valence-corrected chi connectivity index (χ4v) is 2.30. The summed E-state index contributed by atoms with van der Waals surface area (Å²) >= 11 is 0. The van der Waals surface area contributed by atoms with Gasteiger partial charge in [-0.25, -0.2) is 0 Å². The SMILES string of the molecule is CCCCCC(O)CC(=O)CCc1ccc(O)c(CO)c1. The average Bonchev–Trinajstić information content (AvgIpc) is 2.46. The Morgan fingerprint density at radius 2 is 2.05 bits per heavy atom. The number of phenols is 1. The second kappa shape index (κ2) is 9.53. The number of aliphatic hydroxyl groups excluding tert-OH is 2. The number of hydrogen-bond acceptors (Lipinski definition) is 4. The molecule has 0 bridgehead atoms. The molecule has 0 spiro atoms. The summed E-state index contributed by atoms with van der Waals surface area (Å²) in [5.74, 6) is 0.122. The fraction of sp³-hybridized carbons (Fsp3) is 0.588. The largest absolute Gasteiger partial charge is 0.508 e. The molecule has 0 aromatic heterocycles. The Morgan fingerprint density at radius 1 is 1.29 bits per heavy atom. The molecule has 21 heavy (non-hydrogen) atoms. The molecule has 3 N–H and O–H groups in total. The van der Waals surface area contributed by atoms with Crippen molar-refractivity contribution in [3.05, 3.63) is 29.3 Å². The number of carbonyl (C=O) groups is 1. The quantitative estimate of drug-likeness (QED) is 0.580. The van der Waals surface area contributed by atoms with Crippen LogP contribution in [0.25, 0.3) is 0 Å². The molecule has 0 aliphatic heterocycles. The maximum atomic E-state index is 11.8. The zero-order valence-corrected chi connectivity index (χ0v) is 12.7. The molecule has 1 unspecified atom stereocenters. The van der Waals surface area contributed by atoms with Crippen LogP contribution in [0.5, 0.6) is 5.75 Å². The molecule has 1 atom stereocenters. The van der Waals surface area contributed by atoms with E-state index >= 15 is 0 Å². The van der Waals surface area contributed by atoms with Crippen molar-refractivity contribution < 1.29 is 20.1 Å². The molecule has 1 aromatic rings. The summed E-state index contributed by atoms with van der Waals surface area (Å²) in [7, 11) is 0. The molecular formula is C17H26O4. The predicted molar refractivity (Wildman–Crippen MR) is 82.1 cm³/mol. The van der Waals surface area contributed by atoms with E-state index in [0.29, 0.717) is 24.8 Å². The molecule has 1 aromatic carbocycles. The molecule has 0 saturated carbocycles. The lowest BCUT2D eigenvalue weighted by molar-refractivity contribution is -0.121. The van der Waals surface area contributed by atoms with Gasteiger partial charge in [-0.15, -0.1) is 0 Å². The van der Waals surface area contributed by atoms with Crippen LogP contribution >= 0.6 is 0 Å². The third-order valence-electron chi connectivity index (χ3n) is 3.61. The number of hydrogen-bond donors (Lipinski definition) is 3. The Bertz CT molecular complexity index is 442. The molecule has 0 aliphatic carbocycles. The second-order valence-corrected chi connectivity index (χ2v) is 5.51. The minimum absolute atomic E-state index is 0.0534. The van der Waals surface area contributed by atoms with Crippen LogP contribution in [0.1, 0.15) is 56.6 Å². The summed E-state index contributed by atoms with van der Waals surface area (Å²) in [4.78, 5) is 11.8. The third-order valence-corrected chi connectivity index (χ3v) is 3.61. The zero-order chi connectivity index (χ0) is 15.7. The highest BCUT2D eigenvalue weighted by Gasteiger charge is 2.11. The van der Waals surface area contributed by atoms with Gasteiger partial charge in [-0.3, -0.25) is 4.79 Å². The Balaban J connectivity index is 2.35. The van der Waals surface area contributed by atoms with Crippen molar-refractivity contribution in [2.75, 3.05) is 0 Å². The summed E-state index contributed by atoms with van der Waals surface area (Å²) in [6.45, 7) is 1.89. The van der Waals surface area contributed by atoms with Crippen molar-refractivity contribution >= 4 is 5.78 Å². The first-order valence-corrected chi connectivity index (χ1v) is 7.68. The smallest absolute Gasteiger partial charge is 0.135 e. The lowest BCUT2D eigenvalue weighted by Gasteiger charge is -2.10. The van der Waals surface area contributed by atoms with E-state index in [1.54, 1.807) is 12.1 Å². The Hall–Kier alpha value is -1.39. The first-order chi connectivity index (χ1) is 10.1. The summed E-state index contributed by atoms with van der Waals surface area (Å²) in [6.07, 6.45) is 4.47.